The Morgan fingerprint density at radius 1 is 1.50 bits per heavy atom. The fourth-order valence-electron chi connectivity index (χ4n) is 2.79. The third-order valence-corrected chi connectivity index (χ3v) is 3.83. The Morgan fingerprint density at radius 2 is 2.39 bits per heavy atom. The maximum absolute atomic E-state index is 12.0. The average molecular weight is 256 g/mol. The predicted molar refractivity (Wildman–Crippen MR) is 68.4 cm³/mol. The molecule has 2 fully saturated rings. The lowest BCUT2D eigenvalue weighted by Gasteiger charge is -2.30. The molecule has 2 N–H and O–H groups in total. The van der Waals surface area contributed by atoms with Gasteiger partial charge >= 0.3 is 0 Å². The monoisotopic (exact) mass is 256 g/mol. The van der Waals surface area contributed by atoms with Crippen molar-refractivity contribution in [3.8, 4) is 0 Å². The highest BCUT2D eigenvalue weighted by molar-refractivity contribution is 5.80. The first kappa shape index (κ1) is 13.8. The van der Waals surface area contributed by atoms with E-state index in [1.165, 1.54) is 0 Å². The van der Waals surface area contributed by atoms with E-state index in [4.69, 9.17) is 9.47 Å². The first-order valence-electron chi connectivity index (χ1n) is 6.89. The second-order valence-electron chi connectivity index (χ2n) is 5.32. The Hall–Kier alpha value is -0.650. The molecule has 1 amide bonds. The van der Waals surface area contributed by atoms with Crippen LogP contribution >= 0.6 is 0 Å². The Balaban J connectivity index is 1.79. The summed E-state index contributed by atoms with van der Waals surface area (Å²) in [4.78, 5) is 12.0. The Bertz CT molecular complexity index is 271. The fraction of sp³-hybridized carbons (Fsp3) is 0.923. The minimum Gasteiger partial charge on any atom is -0.383 e. The van der Waals surface area contributed by atoms with Crippen molar-refractivity contribution in [2.45, 2.75) is 43.7 Å². The largest absolute Gasteiger partial charge is 0.383 e. The number of carbonyl (C=O) groups excluding carboxylic acids is 1. The number of amides is 1. The van der Waals surface area contributed by atoms with Gasteiger partial charge in [0.15, 0.2) is 0 Å². The van der Waals surface area contributed by atoms with Gasteiger partial charge in [0.25, 0.3) is 0 Å². The van der Waals surface area contributed by atoms with Gasteiger partial charge in [0.05, 0.1) is 12.1 Å². The molecule has 2 unspecified atom stereocenters. The molecule has 2 heterocycles. The summed E-state index contributed by atoms with van der Waals surface area (Å²) < 4.78 is 10.7. The van der Waals surface area contributed by atoms with Gasteiger partial charge in [-0.15, -0.1) is 0 Å². The Labute approximate surface area is 109 Å². The summed E-state index contributed by atoms with van der Waals surface area (Å²) >= 11 is 0. The minimum absolute atomic E-state index is 0.0267. The third-order valence-electron chi connectivity index (χ3n) is 3.83. The molecule has 2 aliphatic rings. The summed E-state index contributed by atoms with van der Waals surface area (Å²) in [6, 6.07) is 0. The highest BCUT2D eigenvalue weighted by atomic mass is 16.5. The SMILES string of the molecule is COCC1(CNC(=O)C2CCCCO2)CCCN1. The van der Waals surface area contributed by atoms with Crippen LogP contribution in [0.1, 0.15) is 32.1 Å². The van der Waals surface area contributed by atoms with Crippen LogP contribution in [0.5, 0.6) is 0 Å². The van der Waals surface area contributed by atoms with Gasteiger partial charge < -0.3 is 20.1 Å². The zero-order chi connectivity index (χ0) is 12.8. The predicted octanol–water partition coefficient (Wildman–Crippen LogP) is 0.440. The molecule has 0 aromatic carbocycles. The maximum Gasteiger partial charge on any atom is 0.249 e. The first-order valence-corrected chi connectivity index (χ1v) is 6.89. The summed E-state index contributed by atoms with van der Waals surface area (Å²) in [5.74, 6) is 0.0267. The van der Waals surface area contributed by atoms with E-state index in [-0.39, 0.29) is 17.6 Å². The average Bonchev–Trinajstić information content (AvgIpc) is 2.87. The second-order valence-corrected chi connectivity index (χ2v) is 5.32. The highest BCUT2D eigenvalue weighted by Gasteiger charge is 2.34. The van der Waals surface area contributed by atoms with Crippen molar-refractivity contribution in [3.63, 3.8) is 0 Å². The lowest BCUT2D eigenvalue weighted by molar-refractivity contribution is -0.135. The van der Waals surface area contributed by atoms with Crippen LogP contribution in [-0.4, -0.2) is 51.0 Å². The van der Waals surface area contributed by atoms with Crippen molar-refractivity contribution in [2.24, 2.45) is 0 Å². The lowest BCUT2D eigenvalue weighted by atomic mass is 9.98. The van der Waals surface area contributed by atoms with Crippen molar-refractivity contribution in [2.75, 3.05) is 33.4 Å². The van der Waals surface area contributed by atoms with Crippen LogP contribution in [0.4, 0.5) is 0 Å². The van der Waals surface area contributed by atoms with Crippen LogP contribution in [0.25, 0.3) is 0 Å². The number of nitrogens with one attached hydrogen (secondary N) is 2. The number of ether oxygens (including phenoxy) is 2. The summed E-state index contributed by atoms with van der Waals surface area (Å²) in [6.45, 7) is 2.97. The molecule has 2 saturated heterocycles. The smallest absolute Gasteiger partial charge is 0.249 e. The molecule has 0 spiro atoms. The Kier molecular flexibility index (Phi) is 4.97. The molecule has 104 valence electrons. The number of hydrogen-bond acceptors (Lipinski definition) is 4. The van der Waals surface area contributed by atoms with Crippen LogP contribution in [-0.2, 0) is 14.3 Å². The van der Waals surface area contributed by atoms with Gasteiger partial charge in [-0.3, -0.25) is 4.79 Å². The van der Waals surface area contributed by atoms with Gasteiger partial charge in [-0.1, -0.05) is 0 Å². The topological polar surface area (TPSA) is 59.6 Å². The van der Waals surface area contributed by atoms with E-state index in [0.717, 1.165) is 38.6 Å². The molecule has 0 bridgehead atoms. The second kappa shape index (κ2) is 6.50. The standard InChI is InChI=1S/C13H24N2O3/c1-17-10-13(6-4-7-15-13)9-14-12(16)11-5-2-3-8-18-11/h11,15H,2-10H2,1H3,(H,14,16). The van der Waals surface area contributed by atoms with Crippen LogP contribution < -0.4 is 10.6 Å². The number of methoxy groups -OCH3 is 1. The van der Waals surface area contributed by atoms with Gasteiger partial charge in [-0.25, -0.2) is 0 Å². The van der Waals surface area contributed by atoms with Gasteiger partial charge in [0.1, 0.15) is 6.10 Å². The quantitative estimate of drug-likeness (QED) is 0.749. The third kappa shape index (κ3) is 3.43. The minimum atomic E-state index is -0.250. The molecule has 0 aromatic heterocycles. The molecule has 18 heavy (non-hydrogen) atoms. The normalized spacial score (nSPS) is 32.4. The molecular weight excluding hydrogens is 232 g/mol. The molecule has 0 aromatic rings. The molecule has 0 aliphatic carbocycles. The van der Waals surface area contributed by atoms with E-state index in [0.29, 0.717) is 19.8 Å². The van der Waals surface area contributed by atoms with Crippen LogP contribution in [0.15, 0.2) is 0 Å². The van der Waals surface area contributed by atoms with Crippen LogP contribution in [0, 0.1) is 0 Å². The van der Waals surface area contributed by atoms with Gasteiger partial charge in [-0.2, -0.15) is 0 Å². The zero-order valence-electron chi connectivity index (χ0n) is 11.2. The fourth-order valence-corrected chi connectivity index (χ4v) is 2.79. The lowest BCUT2D eigenvalue weighted by Crippen LogP contribution is -2.54. The molecule has 5 nitrogen and oxygen atoms in total. The van der Waals surface area contributed by atoms with Crippen molar-refractivity contribution < 1.29 is 14.3 Å². The molecule has 2 rings (SSSR count). The number of hydrogen-bond donors (Lipinski definition) is 2. The van der Waals surface area contributed by atoms with Crippen LogP contribution in [0.3, 0.4) is 0 Å². The van der Waals surface area contributed by atoms with Crippen molar-refractivity contribution >= 4 is 5.91 Å². The van der Waals surface area contributed by atoms with Crippen LogP contribution in [0.2, 0.25) is 0 Å². The molecule has 5 heteroatoms. The van der Waals surface area contributed by atoms with E-state index in [1.54, 1.807) is 7.11 Å². The Morgan fingerprint density at radius 3 is 3.00 bits per heavy atom. The number of carbonyl (C=O) groups is 1. The van der Waals surface area contributed by atoms with E-state index in [2.05, 4.69) is 10.6 Å². The molecular formula is C13H24N2O3. The van der Waals surface area contributed by atoms with E-state index in [9.17, 15) is 4.79 Å². The van der Waals surface area contributed by atoms with E-state index in [1.807, 2.05) is 0 Å². The number of rotatable bonds is 5. The van der Waals surface area contributed by atoms with Gasteiger partial charge in [-0.05, 0) is 38.6 Å². The van der Waals surface area contributed by atoms with Gasteiger partial charge in [0.2, 0.25) is 5.91 Å². The van der Waals surface area contributed by atoms with Crippen molar-refractivity contribution in [1.82, 2.24) is 10.6 Å². The first-order chi connectivity index (χ1) is 8.76. The maximum atomic E-state index is 12.0. The van der Waals surface area contributed by atoms with Crippen molar-refractivity contribution in [1.29, 1.82) is 0 Å². The summed E-state index contributed by atoms with van der Waals surface area (Å²) in [5.41, 5.74) is -0.0842. The molecule has 0 saturated carbocycles. The summed E-state index contributed by atoms with van der Waals surface area (Å²) in [6.07, 6.45) is 4.93. The summed E-state index contributed by atoms with van der Waals surface area (Å²) in [5, 5.41) is 6.46. The van der Waals surface area contributed by atoms with E-state index < -0.39 is 0 Å². The molecule has 2 atom stereocenters. The van der Waals surface area contributed by atoms with Crippen molar-refractivity contribution in [3.05, 3.63) is 0 Å². The van der Waals surface area contributed by atoms with E-state index >= 15 is 0 Å². The highest BCUT2D eigenvalue weighted by Crippen LogP contribution is 2.19. The molecule has 0 radical (unpaired) electrons. The molecule has 2 aliphatic heterocycles. The summed E-state index contributed by atoms with van der Waals surface area (Å²) in [7, 11) is 1.70. The van der Waals surface area contributed by atoms with Gasteiger partial charge in [0, 0.05) is 20.3 Å². The zero-order valence-corrected chi connectivity index (χ0v) is 11.2.